The van der Waals surface area contributed by atoms with Crippen LogP contribution in [0.25, 0.3) is 22.4 Å². The molecule has 2 saturated carbocycles. The molecule has 0 aliphatic heterocycles. The maximum atomic E-state index is 12.7. The summed E-state index contributed by atoms with van der Waals surface area (Å²) in [5.74, 6) is 0.970. The van der Waals surface area contributed by atoms with E-state index in [1.807, 2.05) is 24.3 Å². The summed E-state index contributed by atoms with van der Waals surface area (Å²) in [5.41, 5.74) is 3.62. The molecule has 2 aliphatic carbocycles. The Hall–Kier alpha value is -2.96. The Balaban J connectivity index is 1.34. The van der Waals surface area contributed by atoms with Crippen LogP contribution >= 0.6 is 0 Å². The van der Waals surface area contributed by atoms with Crippen molar-refractivity contribution in [3.8, 4) is 28.1 Å². The molecule has 2 fully saturated rings. The molecule has 32 heavy (non-hydrogen) atoms. The van der Waals surface area contributed by atoms with Gasteiger partial charge < -0.3 is 10.0 Å². The zero-order valence-electron chi connectivity index (χ0n) is 18.9. The van der Waals surface area contributed by atoms with Crippen LogP contribution in [0.4, 0.5) is 10.2 Å². The fourth-order valence-electron chi connectivity index (χ4n) is 5.99. The Kier molecular flexibility index (Phi) is 4.95. The number of phenols is 1. The number of hydrogen-bond donors (Lipinski definition) is 1. The molecule has 5 rings (SSSR count). The Bertz CT molecular complexity index is 1110. The van der Waals surface area contributed by atoms with Gasteiger partial charge in [-0.25, -0.2) is 9.07 Å². The van der Waals surface area contributed by atoms with Gasteiger partial charge in [-0.2, -0.15) is 5.10 Å². The van der Waals surface area contributed by atoms with Crippen molar-refractivity contribution in [3.05, 3.63) is 42.7 Å². The SMILES string of the molecule is CN(c1ccc(-c2ccc(-c3cnn(CF)c3)cc2O)nn1)[C@H]1C[C@]2(C)CC[C@](C)(C1)C2. The number of halogens is 1. The number of rotatable bonds is 5. The molecule has 0 spiro atoms. The summed E-state index contributed by atoms with van der Waals surface area (Å²) in [6.07, 6.45) is 9.56. The minimum Gasteiger partial charge on any atom is -0.507 e. The summed E-state index contributed by atoms with van der Waals surface area (Å²) in [6.45, 7) is 4.18. The molecule has 1 N–H and O–H groups in total. The average Bonchev–Trinajstić information content (AvgIpc) is 3.34. The number of alkyl halides is 1. The number of phenolic OH excluding ortho intramolecular Hbond substituents is 1. The van der Waals surface area contributed by atoms with E-state index in [0.717, 1.165) is 16.9 Å². The van der Waals surface area contributed by atoms with Crippen molar-refractivity contribution < 1.29 is 9.50 Å². The normalized spacial score (nSPS) is 26.9. The first kappa shape index (κ1) is 20.9. The predicted molar refractivity (Wildman–Crippen MR) is 123 cm³/mol. The lowest BCUT2D eigenvalue weighted by Crippen LogP contribution is -2.42. The summed E-state index contributed by atoms with van der Waals surface area (Å²) >= 11 is 0. The van der Waals surface area contributed by atoms with Crippen molar-refractivity contribution in [1.82, 2.24) is 20.0 Å². The highest BCUT2D eigenvalue weighted by Crippen LogP contribution is 2.58. The number of aromatic nitrogens is 4. The molecular formula is C25H30FN5O. The first-order chi connectivity index (χ1) is 15.3. The van der Waals surface area contributed by atoms with Gasteiger partial charge in [-0.05, 0) is 72.8 Å². The number of anilines is 1. The van der Waals surface area contributed by atoms with Crippen LogP contribution in [-0.2, 0) is 6.80 Å². The van der Waals surface area contributed by atoms with E-state index in [1.165, 1.54) is 36.8 Å². The molecule has 7 heteroatoms. The van der Waals surface area contributed by atoms with Gasteiger partial charge >= 0.3 is 0 Å². The Morgan fingerprint density at radius 1 is 1.09 bits per heavy atom. The van der Waals surface area contributed by atoms with Gasteiger partial charge in [-0.3, -0.25) is 0 Å². The van der Waals surface area contributed by atoms with E-state index in [1.54, 1.807) is 18.5 Å². The van der Waals surface area contributed by atoms with E-state index in [-0.39, 0.29) is 5.75 Å². The molecule has 3 atom stereocenters. The predicted octanol–water partition coefficient (Wildman–Crippen LogP) is 5.43. The molecule has 3 aromatic rings. The van der Waals surface area contributed by atoms with E-state index < -0.39 is 6.80 Å². The van der Waals surface area contributed by atoms with E-state index >= 15 is 0 Å². The Morgan fingerprint density at radius 2 is 1.84 bits per heavy atom. The Labute approximate surface area is 188 Å². The summed E-state index contributed by atoms with van der Waals surface area (Å²) < 4.78 is 13.9. The monoisotopic (exact) mass is 435 g/mol. The fraction of sp³-hybridized carbons (Fsp3) is 0.480. The summed E-state index contributed by atoms with van der Waals surface area (Å²) in [6, 6.07) is 9.70. The van der Waals surface area contributed by atoms with Crippen LogP contribution in [0.15, 0.2) is 42.7 Å². The van der Waals surface area contributed by atoms with Crippen LogP contribution in [-0.4, -0.2) is 38.2 Å². The number of aromatic hydroxyl groups is 1. The molecule has 2 heterocycles. The molecule has 0 amide bonds. The summed E-state index contributed by atoms with van der Waals surface area (Å²) in [5, 5.41) is 23.4. The smallest absolute Gasteiger partial charge is 0.181 e. The van der Waals surface area contributed by atoms with Crippen LogP contribution in [0.1, 0.15) is 46.0 Å². The first-order valence-electron chi connectivity index (χ1n) is 11.3. The van der Waals surface area contributed by atoms with Gasteiger partial charge in [0.2, 0.25) is 0 Å². The van der Waals surface area contributed by atoms with Crippen LogP contribution in [0, 0.1) is 10.8 Å². The topological polar surface area (TPSA) is 67.1 Å². The highest BCUT2D eigenvalue weighted by atomic mass is 19.1. The van der Waals surface area contributed by atoms with E-state index in [9.17, 15) is 9.50 Å². The van der Waals surface area contributed by atoms with Gasteiger partial charge in [0, 0.05) is 30.4 Å². The number of nitrogens with zero attached hydrogens (tertiary/aromatic N) is 5. The van der Waals surface area contributed by atoms with Gasteiger partial charge in [-0.1, -0.05) is 19.9 Å². The average molecular weight is 436 g/mol. The van der Waals surface area contributed by atoms with Gasteiger partial charge in [0.25, 0.3) is 0 Å². The second-order valence-electron chi connectivity index (χ2n) is 10.4. The highest BCUT2D eigenvalue weighted by molar-refractivity contribution is 5.73. The first-order valence-corrected chi connectivity index (χ1v) is 11.3. The highest BCUT2D eigenvalue weighted by Gasteiger charge is 2.49. The zero-order chi connectivity index (χ0) is 22.5. The molecular weight excluding hydrogens is 405 g/mol. The van der Waals surface area contributed by atoms with Crippen LogP contribution in [0.5, 0.6) is 5.75 Å². The molecule has 168 valence electrons. The van der Waals surface area contributed by atoms with Crippen molar-refractivity contribution >= 4 is 5.82 Å². The maximum Gasteiger partial charge on any atom is 0.181 e. The lowest BCUT2D eigenvalue weighted by molar-refractivity contribution is 0.148. The van der Waals surface area contributed by atoms with Gasteiger partial charge in [-0.15, -0.1) is 10.2 Å². The van der Waals surface area contributed by atoms with Gasteiger partial charge in [0.1, 0.15) is 5.75 Å². The number of benzene rings is 1. The van der Waals surface area contributed by atoms with Crippen molar-refractivity contribution in [2.45, 2.75) is 58.8 Å². The summed E-state index contributed by atoms with van der Waals surface area (Å²) in [7, 11) is 2.12. The standard InChI is InChI=1S/C25H30FN5O/c1-24-8-9-25(2,15-24)12-19(11-24)30(3)23-7-6-21(28-29-23)20-5-4-17(10-22(20)32)18-13-27-31(14-18)16-26/h4-7,10,13-14,19,32H,8-9,11-12,15-16H2,1-3H3/t19-,24-,25+. The van der Waals surface area contributed by atoms with Crippen LogP contribution in [0.2, 0.25) is 0 Å². The van der Waals surface area contributed by atoms with Crippen molar-refractivity contribution in [2.75, 3.05) is 11.9 Å². The second-order valence-corrected chi connectivity index (χ2v) is 10.4. The molecule has 0 unspecified atom stereocenters. The van der Waals surface area contributed by atoms with Gasteiger partial charge in [0.05, 0.1) is 11.9 Å². The van der Waals surface area contributed by atoms with E-state index in [4.69, 9.17) is 0 Å². The van der Waals surface area contributed by atoms with Crippen molar-refractivity contribution in [1.29, 1.82) is 0 Å². The van der Waals surface area contributed by atoms with Crippen molar-refractivity contribution in [3.63, 3.8) is 0 Å². The quantitative estimate of drug-likeness (QED) is 0.578. The lowest BCUT2D eigenvalue weighted by Gasteiger charge is -2.44. The molecule has 6 nitrogen and oxygen atoms in total. The summed E-state index contributed by atoms with van der Waals surface area (Å²) in [4.78, 5) is 2.28. The Morgan fingerprint density at radius 3 is 2.44 bits per heavy atom. The molecule has 0 radical (unpaired) electrons. The number of hydrogen-bond acceptors (Lipinski definition) is 5. The third-order valence-corrected chi connectivity index (χ3v) is 7.56. The van der Waals surface area contributed by atoms with E-state index in [2.05, 4.69) is 41.1 Å². The third-order valence-electron chi connectivity index (χ3n) is 7.56. The number of fused-ring (bicyclic) bond motifs is 2. The largest absolute Gasteiger partial charge is 0.507 e. The fourth-order valence-corrected chi connectivity index (χ4v) is 5.99. The molecule has 2 aromatic heterocycles. The molecule has 1 aromatic carbocycles. The minimum absolute atomic E-state index is 0.107. The second kappa shape index (κ2) is 7.57. The minimum atomic E-state index is -0.681. The third kappa shape index (κ3) is 3.74. The molecule has 0 saturated heterocycles. The van der Waals surface area contributed by atoms with Crippen LogP contribution < -0.4 is 4.90 Å². The van der Waals surface area contributed by atoms with E-state index in [0.29, 0.717) is 28.1 Å². The van der Waals surface area contributed by atoms with Crippen molar-refractivity contribution in [2.24, 2.45) is 10.8 Å². The molecule has 2 bridgehead atoms. The molecule has 2 aliphatic rings. The van der Waals surface area contributed by atoms with Gasteiger partial charge in [0.15, 0.2) is 12.6 Å². The van der Waals surface area contributed by atoms with Crippen LogP contribution in [0.3, 0.4) is 0 Å². The zero-order valence-corrected chi connectivity index (χ0v) is 18.9. The maximum absolute atomic E-state index is 12.7. The lowest BCUT2D eigenvalue weighted by atomic mass is 9.68.